The number of methoxy groups -OCH3 is 1. The van der Waals surface area contributed by atoms with Gasteiger partial charge in [-0.15, -0.1) is 0 Å². The first-order valence-electron chi connectivity index (χ1n) is 10.4. The molecule has 1 aliphatic carbocycles. The first-order valence-corrected chi connectivity index (χ1v) is 11.9. The van der Waals surface area contributed by atoms with Crippen molar-refractivity contribution in [1.82, 2.24) is 9.21 Å². The molecule has 3 heterocycles. The maximum atomic E-state index is 12.8. The Hall–Kier alpha value is -1.11. The van der Waals surface area contributed by atoms with Crippen molar-refractivity contribution in [2.45, 2.75) is 55.9 Å². The van der Waals surface area contributed by atoms with Crippen molar-refractivity contribution in [1.29, 1.82) is 0 Å². The van der Waals surface area contributed by atoms with Gasteiger partial charge in [0.15, 0.2) is 0 Å². The van der Waals surface area contributed by atoms with Crippen molar-refractivity contribution in [2.75, 3.05) is 26.7 Å². The molecule has 0 amide bonds. The van der Waals surface area contributed by atoms with E-state index in [2.05, 4.69) is 29.2 Å². The quantitative estimate of drug-likeness (QED) is 0.793. The minimum Gasteiger partial charge on any atom is -0.497 e. The molecule has 0 N–H and O–H groups in total. The van der Waals surface area contributed by atoms with Crippen LogP contribution < -0.4 is 4.74 Å². The first kappa shape index (κ1) is 18.0. The predicted octanol–water partition coefficient (Wildman–Crippen LogP) is 3.03. The number of piperidine rings is 3. The summed E-state index contributed by atoms with van der Waals surface area (Å²) in [6.07, 6.45) is 6.57. The first-order chi connectivity index (χ1) is 13.1. The molecule has 5 rings (SSSR count). The van der Waals surface area contributed by atoms with Crippen LogP contribution in [0.5, 0.6) is 5.75 Å². The summed E-state index contributed by atoms with van der Waals surface area (Å²) in [5.41, 5.74) is 1.38. The summed E-state index contributed by atoms with van der Waals surface area (Å²) in [6, 6.07) is 9.53. The Morgan fingerprint density at radius 1 is 1.00 bits per heavy atom. The van der Waals surface area contributed by atoms with Gasteiger partial charge in [0.25, 0.3) is 0 Å². The number of nitrogens with zero attached hydrogens (tertiary/aromatic N) is 2. The van der Waals surface area contributed by atoms with Crippen LogP contribution in [0.15, 0.2) is 24.3 Å². The summed E-state index contributed by atoms with van der Waals surface area (Å²) in [7, 11) is -1.33. The lowest BCUT2D eigenvalue weighted by molar-refractivity contribution is -0.0416. The van der Waals surface area contributed by atoms with E-state index in [0.717, 1.165) is 38.2 Å². The zero-order valence-corrected chi connectivity index (χ0v) is 16.9. The van der Waals surface area contributed by atoms with Crippen molar-refractivity contribution >= 4 is 10.0 Å². The molecule has 0 spiro atoms. The number of sulfonamides is 1. The molecule has 0 aromatic heterocycles. The number of rotatable bonds is 4. The van der Waals surface area contributed by atoms with Gasteiger partial charge in [-0.1, -0.05) is 12.1 Å². The fourth-order valence-electron chi connectivity index (χ4n) is 5.73. The fraction of sp³-hybridized carbons (Fsp3) is 0.714. The molecule has 2 bridgehead atoms. The highest BCUT2D eigenvalue weighted by molar-refractivity contribution is 7.90. The van der Waals surface area contributed by atoms with E-state index in [0.29, 0.717) is 23.9 Å². The van der Waals surface area contributed by atoms with Crippen LogP contribution in [-0.4, -0.2) is 55.7 Å². The molecule has 3 aliphatic heterocycles. The molecule has 148 valence electrons. The van der Waals surface area contributed by atoms with Gasteiger partial charge >= 0.3 is 0 Å². The maximum Gasteiger partial charge on any atom is 0.217 e. The Balaban J connectivity index is 1.37. The molecule has 27 heavy (non-hydrogen) atoms. The van der Waals surface area contributed by atoms with Gasteiger partial charge in [0, 0.05) is 31.7 Å². The van der Waals surface area contributed by atoms with E-state index in [4.69, 9.17) is 4.74 Å². The van der Waals surface area contributed by atoms with Crippen LogP contribution >= 0.6 is 0 Å². The van der Waals surface area contributed by atoms with Crippen molar-refractivity contribution in [3.63, 3.8) is 0 Å². The number of hydrogen-bond donors (Lipinski definition) is 0. The van der Waals surface area contributed by atoms with Gasteiger partial charge < -0.3 is 4.74 Å². The summed E-state index contributed by atoms with van der Waals surface area (Å²) in [5.74, 6) is 1.88. The van der Waals surface area contributed by atoms with Crippen LogP contribution in [0, 0.1) is 11.8 Å². The molecule has 4 atom stereocenters. The average molecular weight is 391 g/mol. The number of hydrogen-bond acceptors (Lipinski definition) is 4. The van der Waals surface area contributed by atoms with Gasteiger partial charge in [-0.3, -0.25) is 4.90 Å². The molecule has 1 saturated carbocycles. The smallest absolute Gasteiger partial charge is 0.217 e. The Labute approximate surface area is 162 Å². The van der Waals surface area contributed by atoms with Crippen LogP contribution in [0.25, 0.3) is 0 Å². The Morgan fingerprint density at radius 3 is 2.48 bits per heavy atom. The van der Waals surface area contributed by atoms with E-state index < -0.39 is 10.0 Å². The second-order valence-corrected chi connectivity index (χ2v) is 11.1. The fourth-order valence-corrected chi connectivity index (χ4v) is 7.70. The summed E-state index contributed by atoms with van der Waals surface area (Å²) in [6.45, 7) is 2.51. The molecule has 0 radical (unpaired) electrons. The highest BCUT2D eigenvalue weighted by atomic mass is 32.2. The molecule has 5 nitrogen and oxygen atoms in total. The minimum atomic E-state index is -3.04. The molecule has 4 fully saturated rings. The van der Waals surface area contributed by atoms with Gasteiger partial charge in [-0.25, -0.2) is 12.7 Å². The molecule has 6 heteroatoms. The van der Waals surface area contributed by atoms with Gasteiger partial charge in [0.1, 0.15) is 5.75 Å². The van der Waals surface area contributed by atoms with Gasteiger partial charge in [-0.05, 0) is 68.1 Å². The highest BCUT2D eigenvalue weighted by Gasteiger charge is 2.49. The SMILES string of the molecule is COc1ccc([C@H]2CCC[C@H]3[C@@H]4C[C@H](CN23)CN(S(=O)(=O)C2CC2)C4)cc1. The molecule has 4 aliphatic rings. The second kappa shape index (κ2) is 6.75. The largest absolute Gasteiger partial charge is 0.497 e. The third-order valence-corrected chi connectivity index (χ3v) is 9.49. The minimum absolute atomic E-state index is 0.0779. The zero-order chi connectivity index (χ0) is 18.6. The van der Waals surface area contributed by atoms with E-state index in [1.165, 1.54) is 31.2 Å². The maximum absolute atomic E-state index is 12.8. The number of ether oxygens (including phenoxy) is 1. The predicted molar refractivity (Wildman–Crippen MR) is 105 cm³/mol. The molecule has 1 aromatic rings. The summed E-state index contributed by atoms with van der Waals surface area (Å²) >= 11 is 0. The van der Waals surface area contributed by atoms with E-state index in [-0.39, 0.29) is 5.25 Å². The van der Waals surface area contributed by atoms with Crippen LogP contribution in [0.4, 0.5) is 0 Å². The van der Waals surface area contributed by atoms with Crippen molar-refractivity contribution in [3.05, 3.63) is 29.8 Å². The highest BCUT2D eigenvalue weighted by Crippen LogP contribution is 2.45. The molecule has 3 saturated heterocycles. The lowest BCUT2D eigenvalue weighted by atomic mass is 9.74. The monoisotopic (exact) mass is 390 g/mol. The molecular weight excluding hydrogens is 360 g/mol. The van der Waals surface area contributed by atoms with Crippen LogP contribution in [0.2, 0.25) is 0 Å². The lowest BCUT2D eigenvalue weighted by Crippen LogP contribution is -2.60. The summed E-state index contributed by atoms with van der Waals surface area (Å²) < 4.78 is 32.7. The van der Waals surface area contributed by atoms with Crippen molar-refractivity contribution < 1.29 is 13.2 Å². The van der Waals surface area contributed by atoms with Gasteiger partial charge in [-0.2, -0.15) is 0 Å². The van der Waals surface area contributed by atoms with E-state index in [1.807, 2.05) is 4.31 Å². The summed E-state index contributed by atoms with van der Waals surface area (Å²) in [5, 5.41) is -0.0779. The van der Waals surface area contributed by atoms with Crippen molar-refractivity contribution in [3.8, 4) is 5.75 Å². The summed E-state index contributed by atoms with van der Waals surface area (Å²) in [4.78, 5) is 2.71. The molecule has 1 aromatic carbocycles. The zero-order valence-electron chi connectivity index (χ0n) is 16.1. The van der Waals surface area contributed by atoms with Gasteiger partial charge in [0.2, 0.25) is 10.0 Å². The Kier molecular flexibility index (Phi) is 4.49. The standard InChI is InChI=1S/C21H30N2O3S/c1-26-18-7-5-16(6-8-18)20-3-2-4-21-17-11-15(13-23(20)21)12-22(14-17)27(24,25)19-9-10-19/h5-8,15,17,19-21H,2-4,9-14H2,1H3/t15-,17+,20+,21-/m0/s1. The molecule has 0 unspecified atom stereocenters. The van der Waals surface area contributed by atoms with E-state index in [1.54, 1.807) is 7.11 Å². The van der Waals surface area contributed by atoms with Crippen LogP contribution in [0.3, 0.4) is 0 Å². The number of benzene rings is 1. The molecular formula is C21H30N2O3S. The Morgan fingerprint density at radius 2 is 1.78 bits per heavy atom. The van der Waals surface area contributed by atoms with E-state index in [9.17, 15) is 8.42 Å². The van der Waals surface area contributed by atoms with Gasteiger partial charge in [0.05, 0.1) is 12.4 Å². The topological polar surface area (TPSA) is 49.9 Å². The second-order valence-electron chi connectivity index (χ2n) is 8.91. The third kappa shape index (κ3) is 3.19. The normalized spacial score (nSPS) is 34.9. The average Bonchev–Trinajstić information content (AvgIpc) is 3.53. The van der Waals surface area contributed by atoms with E-state index >= 15 is 0 Å². The third-order valence-electron chi connectivity index (χ3n) is 7.16. The van der Waals surface area contributed by atoms with Crippen molar-refractivity contribution in [2.24, 2.45) is 11.8 Å². The Bertz CT molecular complexity index is 790. The van der Waals surface area contributed by atoms with Crippen LogP contribution in [0.1, 0.15) is 50.1 Å². The van der Waals surface area contributed by atoms with Crippen LogP contribution in [-0.2, 0) is 10.0 Å². The lowest BCUT2D eigenvalue weighted by Gasteiger charge is -2.55. The number of fused-ring (bicyclic) bond motifs is 4.